The first-order chi connectivity index (χ1) is 12.0. The predicted octanol–water partition coefficient (Wildman–Crippen LogP) is 3.91. The molecule has 1 aromatic carbocycles. The van der Waals surface area contributed by atoms with Crippen LogP contribution in [0.4, 0.5) is 0 Å². The molecule has 0 spiro atoms. The van der Waals surface area contributed by atoms with E-state index in [2.05, 4.69) is 43.4 Å². The minimum absolute atomic E-state index is 0.0194. The lowest BCUT2D eigenvalue weighted by atomic mass is 9.91. The fraction of sp³-hybridized carbons (Fsp3) is 0.474. The third kappa shape index (κ3) is 4.24. The molecule has 0 saturated carbocycles. The Balaban J connectivity index is 1.80. The smallest absolute Gasteiger partial charge is 0.140 e. The van der Waals surface area contributed by atoms with Gasteiger partial charge in [0.1, 0.15) is 22.6 Å². The molecule has 25 heavy (non-hydrogen) atoms. The van der Waals surface area contributed by atoms with Crippen LogP contribution in [-0.2, 0) is 21.5 Å². The van der Waals surface area contributed by atoms with E-state index in [1.165, 1.54) is 0 Å². The Morgan fingerprint density at radius 2 is 2.08 bits per heavy atom. The Labute approximate surface area is 152 Å². The lowest BCUT2D eigenvalue weighted by molar-refractivity contribution is 0.0141. The molecule has 1 saturated heterocycles. The molecule has 2 heterocycles. The molecule has 0 radical (unpaired) electrons. The molecule has 0 aliphatic carbocycles. The molecular formula is C19H23N3O2S. The van der Waals surface area contributed by atoms with Crippen LogP contribution in [0.15, 0.2) is 41.4 Å². The van der Waals surface area contributed by atoms with Gasteiger partial charge in [0.2, 0.25) is 0 Å². The van der Waals surface area contributed by atoms with Crippen molar-refractivity contribution in [3.8, 4) is 5.40 Å². The first-order valence-electron chi connectivity index (χ1n) is 8.38. The quantitative estimate of drug-likeness (QED) is 0.600. The van der Waals surface area contributed by atoms with Crippen LogP contribution in [0.1, 0.15) is 38.1 Å². The lowest BCUT2D eigenvalue weighted by Gasteiger charge is -2.26. The Bertz CT molecular complexity index is 746. The zero-order valence-electron chi connectivity index (χ0n) is 14.8. The molecule has 2 atom stereocenters. The maximum atomic E-state index is 8.96. The highest BCUT2D eigenvalue weighted by atomic mass is 32.2. The van der Waals surface area contributed by atoms with E-state index in [0.29, 0.717) is 19.8 Å². The van der Waals surface area contributed by atoms with Crippen LogP contribution in [-0.4, -0.2) is 29.1 Å². The van der Waals surface area contributed by atoms with Crippen LogP contribution >= 0.6 is 11.8 Å². The summed E-state index contributed by atoms with van der Waals surface area (Å²) in [6.07, 6.45) is -0.0545. The Kier molecular flexibility index (Phi) is 5.48. The summed E-state index contributed by atoms with van der Waals surface area (Å²) in [5.74, 6) is 0. The number of hydrogen-bond acceptors (Lipinski definition) is 5. The molecule has 5 nitrogen and oxygen atoms in total. The lowest BCUT2D eigenvalue weighted by Crippen LogP contribution is -2.30. The number of thiocyanates is 1. The van der Waals surface area contributed by atoms with Crippen molar-refractivity contribution in [2.24, 2.45) is 0 Å². The second-order valence-electron chi connectivity index (χ2n) is 7.20. The van der Waals surface area contributed by atoms with Gasteiger partial charge in [-0.1, -0.05) is 51.1 Å². The molecule has 0 amide bonds. The van der Waals surface area contributed by atoms with Crippen molar-refractivity contribution in [1.82, 2.24) is 9.78 Å². The highest BCUT2D eigenvalue weighted by Crippen LogP contribution is 2.32. The van der Waals surface area contributed by atoms with Gasteiger partial charge in [-0.3, -0.25) is 4.68 Å². The van der Waals surface area contributed by atoms with E-state index in [1.54, 1.807) is 0 Å². The van der Waals surface area contributed by atoms with Crippen molar-refractivity contribution in [2.45, 2.75) is 50.0 Å². The fourth-order valence-electron chi connectivity index (χ4n) is 2.97. The molecule has 2 aromatic rings. The third-order valence-electron chi connectivity index (χ3n) is 4.25. The average molecular weight is 357 g/mol. The maximum Gasteiger partial charge on any atom is 0.140 e. The fourth-order valence-corrected chi connectivity index (χ4v) is 3.36. The number of hydrogen-bond donors (Lipinski definition) is 0. The van der Waals surface area contributed by atoms with E-state index in [1.807, 2.05) is 28.9 Å². The van der Waals surface area contributed by atoms with Crippen LogP contribution in [0.5, 0.6) is 0 Å². The van der Waals surface area contributed by atoms with E-state index in [-0.39, 0.29) is 17.6 Å². The van der Waals surface area contributed by atoms with Gasteiger partial charge in [-0.15, -0.1) is 0 Å². The minimum atomic E-state index is -0.0756. The van der Waals surface area contributed by atoms with Crippen molar-refractivity contribution in [3.63, 3.8) is 0 Å². The molecule has 6 heteroatoms. The first-order valence-corrected chi connectivity index (χ1v) is 9.20. The van der Waals surface area contributed by atoms with Gasteiger partial charge < -0.3 is 9.47 Å². The SMILES string of the molecule is CC(C)(C)c1cc(SC#N)nn1C1COCC1OCc1ccccc1. The zero-order chi connectivity index (χ0) is 17.9. The van der Waals surface area contributed by atoms with E-state index >= 15 is 0 Å². The summed E-state index contributed by atoms with van der Waals surface area (Å²) in [6, 6.07) is 12.2. The predicted molar refractivity (Wildman–Crippen MR) is 97.3 cm³/mol. The number of rotatable bonds is 5. The Morgan fingerprint density at radius 1 is 1.32 bits per heavy atom. The van der Waals surface area contributed by atoms with Gasteiger partial charge in [0.25, 0.3) is 0 Å². The molecule has 132 valence electrons. The van der Waals surface area contributed by atoms with Gasteiger partial charge >= 0.3 is 0 Å². The highest BCUT2D eigenvalue weighted by Gasteiger charge is 2.35. The van der Waals surface area contributed by atoms with Crippen LogP contribution < -0.4 is 0 Å². The molecule has 0 N–H and O–H groups in total. The molecule has 3 rings (SSSR count). The Morgan fingerprint density at radius 3 is 2.76 bits per heavy atom. The average Bonchev–Trinajstić information content (AvgIpc) is 3.20. The monoisotopic (exact) mass is 357 g/mol. The number of nitrogens with zero attached hydrogens (tertiary/aromatic N) is 3. The molecule has 1 aliphatic rings. The minimum Gasteiger partial charge on any atom is -0.376 e. The second kappa shape index (κ2) is 7.61. The molecule has 0 bridgehead atoms. The maximum absolute atomic E-state index is 8.96. The summed E-state index contributed by atoms with van der Waals surface area (Å²) in [5.41, 5.74) is 2.16. The number of thioether (sulfide) groups is 1. The second-order valence-corrected chi connectivity index (χ2v) is 8.00. The summed E-state index contributed by atoms with van der Waals surface area (Å²) in [5, 5.41) is 16.4. The summed E-state index contributed by atoms with van der Waals surface area (Å²) in [7, 11) is 0. The molecular weight excluding hydrogens is 334 g/mol. The van der Waals surface area contributed by atoms with Crippen molar-refractivity contribution in [3.05, 3.63) is 47.7 Å². The van der Waals surface area contributed by atoms with E-state index in [4.69, 9.17) is 14.7 Å². The molecule has 1 fully saturated rings. The largest absolute Gasteiger partial charge is 0.376 e. The summed E-state index contributed by atoms with van der Waals surface area (Å²) < 4.78 is 13.8. The highest BCUT2D eigenvalue weighted by molar-refractivity contribution is 8.03. The molecule has 2 unspecified atom stereocenters. The molecule has 1 aliphatic heterocycles. The normalized spacial score (nSPS) is 20.6. The summed E-state index contributed by atoms with van der Waals surface area (Å²) in [6.45, 7) is 8.13. The van der Waals surface area contributed by atoms with Crippen molar-refractivity contribution in [2.75, 3.05) is 13.2 Å². The van der Waals surface area contributed by atoms with Crippen LogP contribution in [0.25, 0.3) is 0 Å². The summed E-state index contributed by atoms with van der Waals surface area (Å²) in [4.78, 5) is 0. The first kappa shape index (κ1) is 18.0. The summed E-state index contributed by atoms with van der Waals surface area (Å²) >= 11 is 1.09. The number of nitriles is 1. The third-order valence-corrected chi connectivity index (χ3v) is 4.75. The number of aromatic nitrogens is 2. The van der Waals surface area contributed by atoms with Crippen LogP contribution in [0.3, 0.4) is 0 Å². The van der Waals surface area contributed by atoms with E-state index in [0.717, 1.165) is 28.0 Å². The Hall–Kier alpha value is -1.81. The van der Waals surface area contributed by atoms with Crippen LogP contribution in [0, 0.1) is 10.7 Å². The van der Waals surface area contributed by atoms with Gasteiger partial charge in [-0.25, -0.2) is 0 Å². The van der Waals surface area contributed by atoms with Gasteiger partial charge in [0, 0.05) is 22.9 Å². The topological polar surface area (TPSA) is 60.1 Å². The number of ether oxygens (including phenoxy) is 2. The van der Waals surface area contributed by atoms with Gasteiger partial charge in [-0.2, -0.15) is 10.4 Å². The van der Waals surface area contributed by atoms with Crippen molar-refractivity contribution in [1.29, 1.82) is 5.26 Å². The standard InChI is InChI=1S/C19H23N3O2S/c1-19(2,3)17-9-18(25-13-20)21-22(17)15-11-23-12-16(15)24-10-14-7-5-4-6-8-14/h4-9,15-16H,10-12H2,1-3H3. The van der Waals surface area contributed by atoms with Gasteiger partial charge in [-0.05, 0) is 11.6 Å². The van der Waals surface area contributed by atoms with Gasteiger partial charge in [0.05, 0.1) is 19.8 Å². The number of benzene rings is 1. The van der Waals surface area contributed by atoms with Crippen molar-refractivity contribution >= 4 is 11.8 Å². The van der Waals surface area contributed by atoms with E-state index < -0.39 is 0 Å². The van der Waals surface area contributed by atoms with Gasteiger partial charge in [0.15, 0.2) is 0 Å². The van der Waals surface area contributed by atoms with E-state index in [9.17, 15) is 0 Å². The molecule has 1 aromatic heterocycles. The van der Waals surface area contributed by atoms with Crippen LogP contribution in [0.2, 0.25) is 0 Å². The van der Waals surface area contributed by atoms with Crippen molar-refractivity contribution < 1.29 is 9.47 Å². The zero-order valence-corrected chi connectivity index (χ0v) is 15.6.